The minimum atomic E-state index is 0.0101. The summed E-state index contributed by atoms with van der Waals surface area (Å²) in [5.74, 6) is 0.0101. The third kappa shape index (κ3) is 4.48. The lowest BCUT2D eigenvalue weighted by Crippen LogP contribution is -2.24. The van der Waals surface area contributed by atoms with Crippen LogP contribution in [0.1, 0.15) is 48.7 Å². The fraction of sp³-hybridized carbons (Fsp3) is 0.292. The van der Waals surface area contributed by atoms with Gasteiger partial charge in [0.2, 0.25) is 0 Å². The van der Waals surface area contributed by atoms with Gasteiger partial charge in [0.05, 0.1) is 11.3 Å². The van der Waals surface area contributed by atoms with Crippen LogP contribution >= 0.6 is 0 Å². The molecule has 0 aliphatic rings. The predicted octanol–water partition coefficient (Wildman–Crippen LogP) is 5.76. The highest BCUT2D eigenvalue weighted by molar-refractivity contribution is 5.97. The van der Waals surface area contributed by atoms with Gasteiger partial charge in [-0.3, -0.25) is 4.79 Å². The van der Waals surface area contributed by atoms with Crippen molar-refractivity contribution in [1.82, 2.24) is 9.88 Å². The summed E-state index contributed by atoms with van der Waals surface area (Å²) in [5.41, 5.74) is 4.91. The van der Waals surface area contributed by atoms with Gasteiger partial charge < -0.3 is 9.88 Å². The number of nitrogens with zero attached hydrogens (tertiary/aromatic N) is 1. The summed E-state index contributed by atoms with van der Waals surface area (Å²) in [7, 11) is 0. The molecule has 0 saturated heterocycles. The molecule has 0 unspecified atom stereocenters. The van der Waals surface area contributed by atoms with Gasteiger partial charge in [0.1, 0.15) is 0 Å². The molecule has 3 aromatic rings. The van der Waals surface area contributed by atoms with Gasteiger partial charge in [-0.2, -0.15) is 0 Å². The molecule has 27 heavy (non-hydrogen) atoms. The van der Waals surface area contributed by atoms with Gasteiger partial charge in [-0.05, 0) is 37.1 Å². The Morgan fingerprint density at radius 1 is 0.926 bits per heavy atom. The highest BCUT2D eigenvalue weighted by Crippen LogP contribution is 2.29. The topological polar surface area (TPSA) is 34.0 Å². The minimum absolute atomic E-state index is 0.0101. The number of para-hydroxylation sites is 1. The van der Waals surface area contributed by atoms with Gasteiger partial charge in [-0.15, -0.1) is 0 Å². The summed E-state index contributed by atoms with van der Waals surface area (Å²) in [6, 6.07) is 22.5. The minimum Gasteiger partial charge on any atom is -0.352 e. The Kier molecular flexibility index (Phi) is 6.48. The summed E-state index contributed by atoms with van der Waals surface area (Å²) < 4.78 is 2.17. The molecule has 0 fully saturated rings. The molecule has 2 aromatic carbocycles. The maximum atomic E-state index is 12.8. The number of carbonyl (C=O) groups is 1. The third-order valence-corrected chi connectivity index (χ3v) is 4.89. The number of amides is 1. The molecule has 0 spiro atoms. The van der Waals surface area contributed by atoms with Crippen LogP contribution in [-0.4, -0.2) is 17.0 Å². The second kappa shape index (κ2) is 9.22. The summed E-state index contributed by atoms with van der Waals surface area (Å²) in [6.45, 7) is 4.94. The number of aromatic nitrogens is 1. The standard InChI is InChI=1S/C24H28N2O/c1-3-4-5-12-17-25-24(27)22-18-23(20-13-8-6-9-14-20)26(19(22)2)21-15-10-7-11-16-21/h6-11,13-16,18H,3-5,12,17H2,1-2H3,(H,25,27). The lowest BCUT2D eigenvalue weighted by atomic mass is 10.1. The first-order chi connectivity index (χ1) is 13.2. The Morgan fingerprint density at radius 2 is 1.59 bits per heavy atom. The van der Waals surface area contributed by atoms with Crippen LogP contribution in [-0.2, 0) is 0 Å². The molecule has 0 bridgehead atoms. The Balaban J connectivity index is 1.92. The first kappa shape index (κ1) is 19.0. The molecule has 0 saturated carbocycles. The first-order valence-electron chi connectivity index (χ1n) is 9.83. The molecule has 0 aliphatic heterocycles. The lowest BCUT2D eigenvalue weighted by molar-refractivity contribution is 0.0952. The number of hydrogen-bond acceptors (Lipinski definition) is 1. The first-order valence-corrected chi connectivity index (χ1v) is 9.83. The second-order valence-electron chi connectivity index (χ2n) is 6.88. The molecule has 0 atom stereocenters. The zero-order valence-electron chi connectivity index (χ0n) is 16.2. The van der Waals surface area contributed by atoms with E-state index in [4.69, 9.17) is 0 Å². The molecule has 3 heteroatoms. The molecule has 1 heterocycles. The average Bonchev–Trinajstić information content (AvgIpc) is 3.06. The van der Waals surface area contributed by atoms with E-state index in [-0.39, 0.29) is 5.91 Å². The zero-order valence-corrected chi connectivity index (χ0v) is 16.2. The Hall–Kier alpha value is -2.81. The summed E-state index contributed by atoms with van der Waals surface area (Å²) in [4.78, 5) is 12.8. The Bertz CT molecular complexity index is 866. The van der Waals surface area contributed by atoms with Crippen LogP contribution in [0.5, 0.6) is 0 Å². The Morgan fingerprint density at radius 3 is 2.26 bits per heavy atom. The van der Waals surface area contributed by atoms with E-state index in [1.54, 1.807) is 0 Å². The molecule has 1 amide bonds. The molecular weight excluding hydrogens is 332 g/mol. The van der Waals surface area contributed by atoms with E-state index in [2.05, 4.69) is 41.1 Å². The normalized spacial score (nSPS) is 10.7. The fourth-order valence-corrected chi connectivity index (χ4v) is 3.42. The van der Waals surface area contributed by atoms with Crippen molar-refractivity contribution in [1.29, 1.82) is 0 Å². The molecule has 0 radical (unpaired) electrons. The van der Waals surface area contributed by atoms with Gasteiger partial charge in [0.15, 0.2) is 0 Å². The van der Waals surface area contributed by atoms with Crippen LogP contribution in [0, 0.1) is 6.92 Å². The van der Waals surface area contributed by atoms with Crippen LogP contribution in [0.3, 0.4) is 0 Å². The molecule has 1 N–H and O–H groups in total. The van der Waals surface area contributed by atoms with Gasteiger partial charge in [-0.25, -0.2) is 0 Å². The van der Waals surface area contributed by atoms with E-state index in [1.165, 1.54) is 12.8 Å². The van der Waals surface area contributed by atoms with Crippen molar-refractivity contribution in [3.05, 3.63) is 78.0 Å². The highest BCUT2D eigenvalue weighted by atomic mass is 16.1. The number of benzene rings is 2. The third-order valence-electron chi connectivity index (χ3n) is 4.89. The molecular formula is C24H28N2O. The van der Waals surface area contributed by atoms with E-state index >= 15 is 0 Å². The quantitative estimate of drug-likeness (QED) is 0.509. The predicted molar refractivity (Wildman–Crippen MR) is 112 cm³/mol. The van der Waals surface area contributed by atoms with E-state index in [0.717, 1.165) is 47.6 Å². The van der Waals surface area contributed by atoms with E-state index in [0.29, 0.717) is 0 Å². The van der Waals surface area contributed by atoms with Crippen molar-refractivity contribution in [2.24, 2.45) is 0 Å². The zero-order chi connectivity index (χ0) is 19.1. The second-order valence-corrected chi connectivity index (χ2v) is 6.88. The molecule has 0 aliphatic carbocycles. The summed E-state index contributed by atoms with van der Waals surface area (Å²) in [6.07, 6.45) is 4.62. The van der Waals surface area contributed by atoms with Gasteiger partial charge >= 0.3 is 0 Å². The summed E-state index contributed by atoms with van der Waals surface area (Å²) >= 11 is 0. The number of carbonyl (C=O) groups excluding carboxylic acids is 1. The van der Waals surface area contributed by atoms with Crippen LogP contribution in [0.25, 0.3) is 16.9 Å². The lowest BCUT2D eigenvalue weighted by Gasteiger charge is -2.12. The average molecular weight is 361 g/mol. The van der Waals surface area contributed by atoms with Gasteiger partial charge in [-0.1, -0.05) is 74.7 Å². The van der Waals surface area contributed by atoms with Crippen molar-refractivity contribution < 1.29 is 4.79 Å². The van der Waals surface area contributed by atoms with Crippen molar-refractivity contribution in [2.45, 2.75) is 39.5 Å². The van der Waals surface area contributed by atoms with Crippen molar-refractivity contribution in [3.63, 3.8) is 0 Å². The Labute approximate surface area is 162 Å². The van der Waals surface area contributed by atoms with Crippen LogP contribution < -0.4 is 5.32 Å². The SMILES string of the molecule is CCCCCCNC(=O)c1cc(-c2ccccc2)n(-c2ccccc2)c1C. The highest BCUT2D eigenvalue weighted by Gasteiger charge is 2.19. The van der Waals surface area contributed by atoms with Crippen molar-refractivity contribution in [3.8, 4) is 16.9 Å². The number of unbranched alkanes of at least 4 members (excludes halogenated alkanes) is 3. The monoisotopic (exact) mass is 360 g/mol. The van der Waals surface area contributed by atoms with Gasteiger partial charge in [0, 0.05) is 17.9 Å². The van der Waals surface area contributed by atoms with Crippen LogP contribution in [0.4, 0.5) is 0 Å². The fourth-order valence-electron chi connectivity index (χ4n) is 3.42. The van der Waals surface area contributed by atoms with Crippen molar-refractivity contribution >= 4 is 5.91 Å². The smallest absolute Gasteiger partial charge is 0.253 e. The number of hydrogen-bond donors (Lipinski definition) is 1. The maximum absolute atomic E-state index is 12.8. The maximum Gasteiger partial charge on any atom is 0.253 e. The van der Waals surface area contributed by atoms with E-state index in [1.807, 2.05) is 49.4 Å². The van der Waals surface area contributed by atoms with E-state index in [9.17, 15) is 4.79 Å². The largest absolute Gasteiger partial charge is 0.352 e. The molecule has 3 nitrogen and oxygen atoms in total. The number of rotatable bonds is 8. The summed E-state index contributed by atoms with van der Waals surface area (Å²) in [5, 5.41) is 3.09. The van der Waals surface area contributed by atoms with Gasteiger partial charge in [0.25, 0.3) is 5.91 Å². The number of nitrogens with one attached hydrogen (secondary N) is 1. The van der Waals surface area contributed by atoms with Crippen molar-refractivity contribution in [2.75, 3.05) is 6.54 Å². The van der Waals surface area contributed by atoms with Crippen LogP contribution in [0.15, 0.2) is 66.7 Å². The van der Waals surface area contributed by atoms with Crippen LogP contribution in [0.2, 0.25) is 0 Å². The van der Waals surface area contributed by atoms with E-state index < -0.39 is 0 Å². The molecule has 1 aromatic heterocycles. The molecule has 3 rings (SSSR count). The molecule has 140 valence electrons.